The van der Waals surface area contributed by atoms with Crippen LogP contribution in [0.25, 0.3) is 27.3 Å². The van der Waals surface area contributed by atoms with E-state index in [-0.39, 0.29) is 11.2 Å². The van der Waals surface area contributed by atoms with E-state index in [2.05, 4.69) is 25.5 Å². The molecular weight excluding hydrogens is 486 g/mol. The summed E-state index contributed by atoms with van der Waals surface area (Å²) in [7, 11) is 0. The number of H-pyrrole nitrogens is 1. The SMILES string of the molecule is O=c1[nH]c(-c2ccc(Sc3nnnn3-c3ccccc3)c([N+](=O)[O-])c2)nc2sc3c(c12)CCCC3. The van der Waals surface area contributed by atoms with E-state index in [4.69, 9.17) is 0 Å². The van der Waals surface area contributed by atoms with Crippen LogP contribution < -0.4 is 5.56 Å². The van der Waals surface area contributed by atoms with E-state index < -0.39 is 4.92 Å². The Morgan fingerprint density at radius 3 is 2.77 bits per heavy atom. The number of aromatic amines is 1. The van der Waals surface area contributed by atoms with Crippen LogP contribution in [-0.4, -0.2) is 35.1 Å². The second-order valence-electron chi connectivity index (χ2n) is 8.06. The maximum Gasteiger partial charge on any atom is 0.284 e. The van der Waals surface area contributed by atoms with Crippen molar-refractivity contribution in [2.75, 3.05) is 0 Å². The highest BCUT2D eigenvalue weighted by Crippen LogP contribution is 2.38. The Kier molecular flexibility index (Phi) is 5.38. The van der Waals surface area contributed by atoms with Gasteiger partial charge in [0.1, 0.15) is 10.7 Å². The van der Waals surface area contributed by atoms with Gasteiger partial charge in [0, 0.05) is 16.5 Å². The van der Waals surface area contributed by atoms with Gasteiger partial charge < -0.3 is 4.98 Å². The zero-order valence-corrected chi connectivity index (χ0v) is 19.8. The van der Waals surface area contributed by atoms with Crippen LogP contribution in [0.1, 0.15) is 23.3 Å². The summed E-state index contributed by atoms with van der Waals surface area (Å²) in [5.41, 5.74) is 1.99. The van der Waals surface area contributed by atoms with Crippen LogP contribution in [0, 0.1) is 10.1 Å². The minimum absolute atomic E-state index is 0.122. The average molecular weight is 504 g/mol. The third-order valence-corrected chi connectivity index (χ3v) is 8.09. The molecule has 3 heterocycles. The van der Waals surface area contributed by atoms with Gasteiger partial charge in [-0.2, -0.15) is 4.68 Å². The van der Waals surface area contributed by atoms with Crippen molar-refractivity contribution >= 4 is 39.0 Å². The van der Waals surface area contributed by atoms with E-state index in [1.54, 1.807) is 23.5 Å². The topological polar surface area (TPSA) is 132 Å². The van der Waals surface area contributed by atoms with E-state index in [1.165, 1.54) is 15.6 Å². The predicted molar refractivity (Wildman–Crippen MR) is 132 cm³/mol. The number of nitrogens with one attached hydrogen (secondary N) is 1. The molecule has 3 aromatic heterocycles. The second-order valence-corrected chi connectivity index (χ2v) is 10.1. The van der Waals surface area contributed by atoms with Crippen molar-refractivity contribution in [1.82, 2.24) is 30.2 Å². The fourth-order valence-corrected chi connectivity index (χ4v) is 6.40. The van der Waals surface area contributed by atoms with Crippen molar-refractivity contribution in [3.05, 3.63) is 79.4 Å². The van der Waals surface area contributed by atoms with Crippen LogP contribution in [0.4, 0.5) is 5.69 Å². The number of nitrogens with zero attached hydrogens (tertiary/aromatic N) is 6. The van der Waals surface area contributed by atoms with Crippen LogP contribution in [0.3, 0.4) is 0 Å². The van der Waals surface area contributed by atoms with Gasteiger partial charge in [-0.1, -0.05) is 18.2 Å². The Labute approximate surface area is 206 Å². The molecule has 1 aliphatic carbocycles. The van der Waals surface area contributed by atoms with E-state index in [0.717, 1.165) is 48.7 Å². The lowest BCUT2D eigenvalue weighted by molar-refractivity contribution is -0.387. The van der Waals surface area contributed by atoms with Gasteiger partial charge in [-0.05, 0) is 77.7 Å². The highest BCUT2D eigenvalue weighted by molar-refractivity contribution is 7.99. The first kappa shape index (κ1) is 21.6. The van der Waals surface area contributed by atoms with Crippen molar-refractivity contribution in [1.29, 1.82) is 0 Å². The molecule has 0 atom stereocenters. The van der Waals surface area contributed by atoms with Crippen molar-refractivity contribution in [2.24, 2.45) is 0 Å². The van der Waals surface area contributed by atoms with Gasteiger partial charge in [0.2, 0.25) is 5.16 Å². The molecule has 35 heavy (non-hydrogen) atoms. The molecular formula is C23H17N7O3S2. The molecule has 1 N–H and O–H groups in total. The number of para-hydroxylation sites is 1. The zero-order chi connectivity index (χ0) is 23.9. The summed E-state index contributed by atoms with van der Waals surface area (Å²) in [6, 6.07) is 14.1. The Hall–Kier alpha value is -3.90. The number of fused-ring (bicyclic) bond motifs is 3. The number of hydrogen-bond acceptors (Lipinski definition) is 9. The molecule has 10 nitrogen and oxygen atoms in total. The smallest absolute Gasteiger partial charge is 0.284 e. The standard InChI is InChI=1S/C23H17N7O3S2/c31-21-19-15-8-4-5-9-17(15)34-22(19)25-20(24-21)13-10-11-18(16(12-13)30(32)33)35-23-26-27-28-29(23)14-6-2-1-3-7-14/h1-3,6-7,10-12H,4-5,8-9H2,(H,24,25,31). The molecule has 0 bridgehead atoms. The molecule has 0 aliphatic heterocycles. The summed E-state index contributed by atoms with van der Waals surface area (Å²) in [6.45, 7) is 0. The molecule has 0 unspecified atom stereocenters. The number of nitro groups is 1. The van der Waals surface area contributed by atoms with Gasteiger partial charge in [0.25, 0.3) is 11.2 Å². The fourth-order valence-electron chi connectivity index (χ4n) is 4.27. The normalized spacial score (nSPS) is 13.1. The number of aryl methyl sites for hydroxylation is 2. The lowest BCUT2D eigenvalue weighted by Crippen LogP contribution is -2.11. The number of rotatable bonds is 5. The summed E-state index contributed by atoms with van der Waals surface area (Å²) in [5, 5.41) is 24.8. The van der Waals surface area contributed by atoms with Crippen molar-refractivity contribution in [3.63, 3.8) is 0 Å². The fraction of sp³-hybridized carbons (Fsp3) is 0.174. The van der Waals surface area contributed by atoms with E-state index in [0.29, 0.717) is 31.7 Å². The Morgan fingerprint density at radius 1 is 1.11 bits per heavy atom. The Balaban J connectivity index is 1.39. The van der Waals surface area contributed by atoms with Gasteiger partial charge in [0.15, 0.2) is 0 Å². The molecule has 0 saturated heterocycles. The molecule has 0 amide bonds. The summed E-state index contributed by atoms with van der Waals surface area (Å²) in [4.78, 5) is 34.2. The van der Waals surface area contributed by atoms with Crippen LogP contribution in [0.2, 0.25) is 0 Å². The predicted octanol–water partition coefficient (Wildman–Crippen LogP) is 4.57. The van der Waals surface area contributed by atoms with E-state index in [9.17, 15) is 14.9 Å². The molecule has 1 aliphatic rings. The molecule has 5 aromatic rings. The summed E-state index contributed by atoms with van der Waals surface area (Å²) in [5.74, 6) is 0.315. The van der Waals surface area contributed by atoms with Crippen LogP contribution in [0.5, 0.6) is 0 Å². The zero-order valence-electron chi connectivity index (χ0n) is 18.2. The Bertz CT molecular complexity index is 1640. The lowest BCUT2D eigenvalue weighted by Gasteiger charge is -2.09. The highest BCUT2D eigenvalue weighted by atomic mass is 32.2. The van der Waals surface area contributed by atoms with Gasteiger partial charge in [0.05, 0.1) is 20.9 Å². The van der Waals surface area contributed by atoms with Gasteiger partial charge in [-0.15, -0.1) is 16.4 Å². The van der Waals surface area contributed by atoms with Gasteiger partial charge >= 0.3 is 0 Å². The summed E-state index contributed by atoms with van der Waals surface area (Å²) < 4.78 is 1.52. The molecule has 0 spiro atoms. The van der Waals surface area contributed by atoms with Crippen LogP contribution >= 0.6 is 23.1 Å². The Morgan fingerprint density at radius 2 is 1.94 bits per heavy atom. The number of aromatic nitrogens is 6. The van der Waals surface area contributed by atoms with E-state index in [1.807, 2.05) is 30.3 Å². The maximum absolute atomic E-state index is 12.9. The number of nitro benzene ring substituents is 1. The number of hydrogen-bond donors (Lipinski definition) is 1. The van der Waals surface area contributed by atoms with E-state index >= 15 is 0 Å². The minimum Gasteiger partial charge on any atom is -0.306 e. The first-order valence-corrected chi connectivity index (χ1v) is 12.6. The first-order valence-electron chi connectivity index (χ1n) is 10.9. The number of thiophene rings is 1. The van der Waals surface area contributed by atoms with Crippen molar-refractivity contribution < 1.29 is 4.92 Å². The summed E-state index contributed by atoms with van der Waals surface area (Å²) >= 11 is 2.64. The highest BCUT2D eigenvalue weighted by Gasteiger charge is 2.23. The lowest BCUT2D eigenvalue weighted by atomic mass is 9.97. The molecule has 12 heteroatoms. The molecule has 0 saturated carbocycles. The molecule has 174 valence electrons. The molecule has 0 radical (unpaired) electrons. The number of tetrazole rings is 1. The monoisotopic (exact) mass is 503 g/mol. The third-order valence-electron chi connectivity index (χ3n) is 5.90. The van der Waals surface area contributed by atoms with Gasteiger partial charge in [-0.25, -0.2) is 4.98 Å². The van der Waals surface area contributed by atoms with Crippen molar-refractivity contribution in [2.45, 2.75) is 35.7 Å². The molecule has 0 fully saturated rings. The quantitative estimate of drug-likeness (QED) is 0.272. The molecule has 2 aromatic carbocycles. The second kappa shape index (κ2) is 8.71. The first-order chi connectivity index (χ1) is 17.1. The molecule has 6 rings (SSSR count). The number of benzene rings is 2. The summed E-state index contributed by atoms with van der Waals surface area (Å²) in [6.07, 6.45) is 4.03. The van der Waals surface area contributed by atoms with Crippen molar-refractivity contribution in [3.8, 4) is 17.1 Å². The largest absolute Gasteiger partial charge is 0.306 e. The van der Waals surface area contributed by atoms with Crippen LogP contribution in [-0.2, 0) is 12.8 Å². The minimum atomic E-state index is -0.455. The van der Waals surface area contributed by atoms with Crippen LogP contribution in [0.15, 0.2) is 63.4 Å². The third kappa shape index (κ3) is 3.90. The average Bonchev–Trinajstić information content (AvgIpc) is 3.49. The van der Waals surface area contributed by atoms with Gasteiger partial charge in [-0.3, -0.25) is 14.9 Å². The maximum atomic E-state index is 12.9.